The maximum absolute atomic E-state index is 12.2. The number of rotatable bonds is 4. The first-order chi connectivity index (χ1) is 9.06. The maximum atomic E-state index is 12.2. The van der Waals surface area contributed by atoms with E-state index in [1.54, 1.807) is 6.26 Å². The Balaban J connectivity index is 2.12. The van der Waals surface area contributed by atoms with E-state index in [4.69, 9.17) is 0 Å². The third-order valence-electron chi connectivity index (χ3n) is 2.81. The second kappa shape index (κ2) is 6.48. The van der Waals surface area contributed by atoms with Crippen LogP contribution in [0.5, 0.6) is 0 Å². The van der Waals surface area contributed by atoms with Gasteiger partial charge >= 0.3 is 0 Å². The lowest BCUT2D eigenvalue weighted by atomic mass is 10.2. The highest BCUT2D eigenvalue weighted by molar-refractivity contribution is 7.91. The maximum Gasteiger partial charge on any atom is 0.153 e. The molecule has 0 saturated heterocycles. The molecule has 0 radical (unpaired) electrons. The molecule has 0 fully saturated rings. The first-order valence-electron chi connectivity index (χ1n) is 5.93. The Morgan fingerprint density at radius 3 is 2.26 bits per heavy atom. The van der Waals surface area contributed by atoms with Crippen molar-refractivity contribution >= 4 is 22.4 Å². The first-order valence-corrected chi connectivity index (χ1v) is 8.81. The molecule has 0 aliphatic carbocycles. The number of hydrogen-bond acceptors (Lipinski definition) is 2. The highest BCUT2D eigenvalue weighted by Gasteiger charge is 2.13. The lowest BCUT2D eigenvalue weighted by Crippen LogP contribution is -2.06. The van der Waals surface area contributed by atoms with Gasteiger partial charge in [0.2, 0.25) is 0 Å². The van der Waals surface area contributed by atoms with Crippen molar-refractivity contribution in [3.8, 4) is 0 Å². The third-order valence-corrected chi connectivity index (χ3v) is 5.12. The summed E-state index contributed by atoms with van der Waals surface area (Å²) < 4.78 is 23.7. The molecule has 2 unspecified atom stereocenters. The van der Waals surface area contributed by atoms with E-state index < -0.39 is 22.4 Å². The summed E-state index contributed by atoms with van der Waals surface area (Å²) in [6.07, 6.45) is 1.65. The van der Waals surface area contributed by atoms with Crippen molar-refractivity contribution in [3.05, 3.63) is 59.7 Å². The van der Waals surface area contributed by atoms with E-state index >= 15 is 0 Å². The minimum absolute atomic E-state index is 0.452. The van der Waals surface area contributed by atoms with Crippen LogP contribution in [0, 0.1) is 6.92 Å². The van der Waals surface area contributed by atoms with E-state index in [2.05, 4.69) is 0 Å². The monoisotopic (exact) mass is 292 g/mol. The van der Waals surface area contributed by atoms with E-state index in [0.717, 1.165) is 20.9 Å². The molecule has 2 atom stereocenters. The number of hydrogen-bond donors (Lipinski definition) is 0. The van der Waals surface area contributed by atoms with E-state index in [1.165, 1.54) is 0 Å². The summed E-state index contributed by atoms with van der Waals surface area (Å²) in [4.78, 5) is 1.60. The molecular weight excluding hydrogens is 276 g/mol. The highest BCUT2D eigenvalue weighted by Crippen LogP contribution is 2.19. The minimum Gasteiger partial charge on any atom is -0.612 e. The van der Waals surface area contributed by atoms with Crippen LogP contribution in [0.4, 0.5) is 0 Å². The van der Waals surface area contributed by atoms with E-state index in [0.29, 0.717) is 5.75 Å². The highest BCUT2D eigenvalue weighted by atomic mass is 32.2. The van der Waals surface area contributed by atoms with Gasteiger partial charge in [0.05, 0.1) is 0 Å². The van der Waals surface area contributed by atoms with E-state index in [9.17, 15) is 9.11 Å². The Morgan fingerprint density at radius 2 is 1.63 bits per heavy atom. The fourth-order valence-electron chi connectivity index (χ4n) is 1.74. The Labute approximate surface area is 120 Å². The van der Waals surface area contributed by atoms with Gasteiger partial charge in [-0.1, -0.05) is 29.8 Å². The molecule has 0 aromatic heterocycles. The molecule has 0 amide bonds. The van der Waals surface area contributed by atoms with Crippen molar-refractivity contribution in [3.63, 3.8) is 0 Å². The summed E-state index contributed by atoms with van der Waals surface area (Å²) in [7, 11) is 0. The largest absolute Gasteiger partial charge is 0.612 e. The van der Waals surface area contributed by atoms with Crippen molar-refractivity contribution < 1.29 is 9.11 Å². The molecule has 0 N–H and O–H groups in total. The van der Waals surface area contributed by atoms with Gasteiger partial charge < -0.3 is 9.11 Å². The van der Waals surface area contributed by atoms with E-state index in [1.807, 2.05) is 55.5 Å². The number of benzene rings is 2. The average Bonchev–Trinajstić information content (AvgIpc) is 2.39. The van der Waals surface area contributed by atoms with Crippen molar-refractivity contribution in [2.75, 3.05) is 6.26 Å². The summed E-state index contributed by atoms with van der Waals surface area (Å²) in [5, 5.41) is 0. The predicted octanol–water partition coefficient (Wildman–Crippen LogP) is 3.04. The van der Waals surface area contributed by atoms with Crippen LogP contribution in [-0.4, -0.2) is 15.4 Å². The van der Waals surface area contributed by atoms with Gasteiger partial charge in [-0.15, -0.1) is 0 Å². The Kier molecular flexibility index (Phi) is 4.93. The fraction of sp³-hybridized carbons (Fsp3) is 0.200. The van der Waals surface area contributed by atoms with Gasteiger partial charge in [0.25, 0.3) is 0 Å². The summed E-state index contributed by atoms with van der Waals surface area (Å²) in [6.45, 7) is 2.01. The van der Waals surface area contributed by atoms with Gasteiger partial charge in [-0.05, 0) is 47.5 Å². The van der Waals surface area contributed by atoms with Gasteiger partial charge in [-0.25, -0.2) is 0 Å². The van der Waals surface area contributed by atoms with Crippen LogP contribution in [-0.2, 0) is 28.1 Å². The zero-order valence-corrected chi connectivity index (χ0v) is 12.6. The third kappa shape index (κ3) is 4.01. The second-order valence-electron chi connectivity index (χ2n) is 4.40. The Morgan fingerprint density at radius 1 is 0.947 bits per heavy atom. The van der Waals surface area contributed by atoms with Crippen LogP contribution in [0.2, 0.25) is 0 Å². The molecule has 100 valence electrons. The Bertz CT molecular complexity index is 538. The molecule has 2 aromatic carbocycles. The van der Waals surface area contributed by atoms with Crippen LogP contribution in [0.3, 0.4) is 0 Å². The molecule has 0 heterocycles. The topological polar surface area (TPSA) is 46.1 Å². The van der Waals surface area contributed by atoms with Crippen LogP contribution < -0.4 is 0 Å². The molecule has 0 aliphatic rings. The van der Waals surface area contributed by atoms with Crippen LogP contribution >= 0.6 is 0 Å². The molecule has 0 spiro atoms. The fourth-order valence-corrected chi connectivity index (χ4v) is 3.41. The molecule has 19 heavy (non-hydrogen) atoms. The lowest BCUT2D eigenvalue weighted by Gasteiger charge is -2.11. The molecular formula is C15H16O2S2. The molecule has 2 aromatic rings. The zero-order chi connectivity index (χ0) is 13.8. The molecule has 0 bridgehead atoms. The van der Waals surface area contributed by atoms with Crippen molar-refractivity contribution in [1.29, 1.82) is 0 Å². The molecule has 0 aliphatic heterocycles. The van der Waals surface area contributed by atoms with Crippen molar-refractivity contribution in [2.24, 2.45) is 0 Å². The van der Waals surface area contributed by atoms with E-state index in [-0.39, 0.29) is 0 Å². The van der Waals surface area contributed by atoms with Crippen molar-refractivity contribution in [1.82, 2.24) is 0 Å². The second-order valence-corrected chi connectivity index (χ2v) is 7.24. The van der Waals surface area contributed by atoms with Gasteiger partial charge in [-0.3, -0.25) is 0 Å². The molecule has 2 rings (SSSR count). The van der Waals surface area contributed by atoms with Gasteiger partial charge in [0.1, 0.15) is 12.0 Å². The smallest absolute Gasteiger partial charge is 0.153 e. The summed E-state index contributed by atoms with van der Waals surface area (Å²) >= 11 is -2.06. The normalized spacial score (nSPS) is 14.1. The summed E-state index contributed by atoms with van der Waals surface area (Å²) in [5.41, 5.74) is 2.11. The summed E-state index contributed by atoms with van der Waals surface area (Å²) in [6, 6.07) is 15.2. The first kappa shape index (κ1) is 14.5. The minimum atomic E-state index is -1.06. The Hall–Kier alpha value is -0.940. The van der Waals surface area contributed by atoms with Gasteiger partial charge in [0.15, 0.2) is 9.79 Å². The van der Waals surface area contributed by atoms with Crippen LogP contribution in [0.1, 0.15) is 11.1 Å². The SMILES string of the molecule is Cc1ccc([S+]([O-])Cc2cccc([S+](C)[O-])c2)cc1. The van der Waals surface area contributed by atoms with Crippen LogP contribution in [0.25, 0.3) is 0 Å². The van der Waals surface area contributed by atoms with Gasteiger partial charge in [0, 0.05) is 11.6 Å². The number of aryl methyl sites for hydroxylation is 1. The van der Waals surface area contributed by atoms with Crippen LogP contribution in [0.15, 0.2) is 58.3 Å². The zero-order valence-electron chi connectivity index (χ0n) is 11.0. The van der Waals surface area contributed by atoms with Crippen molar-refractivity contribution in [2.45, 2.75) is 22.5 Å². The van der Waals surface area contributed by atoms with Gasteiger partial charge in [-0.2, -0.15) is 0 Å². The quantitative estimate of drug-likeness (QED) is 0.813. The lowest BCUT2D eigenvalue weighted by molar-refractivity contribution is 0.593. The average molecular weight is 292 g/mol. The summed E-state index contributed by atoms with van der Waals surface area (Å²) in [5.74, 6) is 0.452. The molecule has 0 saturated carbocycles. The predicted molar refractivity (Wildman–Crippen MR) is 80.1 cm³/mol. The standard InChI is InChI=1S/C15H16O2S2/c1-12-6-8-14(9-7-12)19(17)11-13-4-3-5-15(10-13)18(2)16/h3-10H,11H2,1-2H3. The molecule has 4 heteroatoms. The molecule has 2 nitrogen and oxygen atoms in total.